The van der Waals surface area contributed by atoms with Crippen molar-refractivity contribution < 1.29 is 26.0 Å². The van der Waals surface area contributed by atoms with Crippen molar-refractivity contribution in [2.24, 2.45) is 0 Å². The molecular weight excluding hydrogens is 433 g/mol. The molecule has 2 aliphatic rings. The van der Waals surface area contributed by atoms with Crippen LogP contribution in [-0.4, -0.2) is 81.8 Å². The van der Waals surface area contributed by atoms with E-state index in [2.05, 4.69) is 0 Å². The average molecular weight is 462 g/mol. The highest BCUT2D eigenvalue weighted by Crippen LogP contribution is 2.25. The number of hydrogen-bond acceptors (Lipinski definition) is 5. The highest BCUT2D eigenvalue weighted by Gasteiger charge is 2.32. The van der Waals surface area contributed by atoms with Gasteiger partial charge < -0.3 is 4.90 Å². The van der Waals surface area contributed by atoms with Gasteiger partial charge in [-0.15, -0.1) is 0 Å². The second kappa shape index (κ2) is 8.89. The number of hydrogen-bond donors (Lipinski definition) is 0. The van der Waals surface area contributed by atoms with Crippen LogP contribution >= 0.6 is 0 Å². The lowest BCUT2D eigenvalue weighted by atomic mass is 10.0. The molecule has 2 saturated heterocycles. The van der Waals surface area contributed by atoms with Gasteiger partial charge in [0, 0.05) is 44.8 Å². The Morgan fingerprint density at radius 1 is 1.03 bits per heavy atom. The van der Waals surface area contributed by atoms with Crippen LogP contribution in [0, 0.1) is 5.82 Å². The molecule has 0 aliphatic carbocycles. The quantitative estimate of drug-likeness (QED) is 0.662. The lowest BCUT2D eigenvalue weighted by Crippen LogP contribution is -2.47. The minimum atomic E-state index is -4.00. The predicted molar refractivity (Wildman–Crippen MR) is 111 cm³/mol. The van der Waals surface area contributed by atoms with Crippen molar-refractivity contribution >= 4 is 26.0 Å². The van der Waals surface area contributed by atoms with Crippen molar-refractivity contribution in [3.63, 3.8) is 0 Å². The van der Waals surface area contributed by atoms with Crippen LogP contribution in [0.5, 0.6) is 0 Å². The van der Waals surface area contributed by atoms with E-state index in [-0.39, 0.29) is 17.5 Å². The van der Waals surface area contributed by atoms with Crippen molar-refractivity contribution in [1.82, 2.24) is 13.5 Å². The van der Waals surface area contributed by atoms with Crippen LogP contribution in [0.3, 0.4) is 0 Å². The zero-order valence-corrected chi connectivity index (χ0v) is 18.9. The van der Waals surface area contributed by atoms with Gasteiger partial charge in [0.15, 0.2) is 0 Å². The SMILES string of the molecule is CN(C1CCN(C(=O)c2ccc(F)c(S(=O)(=O)N3CCCCC3)c2)CC1)S(C)(=O)=O. The summed E-state index contributed by atoms with van der Waals surface area (Å²) in [6, 6.07) is 3.25. The van der Waals surface area contributed by atoms with Crippen LogP contribution in [0.4, 0.5) is 4.39 Å². The second-order valence-electron chi connectivity index (χ2n) is 7.91. The summed E-state index contributed by atoms with van der Waals surface area (Å²) in [5.74, 6) is -1.25. The van der Waals surface area contributed by atoms with Gasteiger partial charge in [0.05, 0.1) is 6.26 Å². The summed E-state index contributed by atoms with van der Waals surface area (Å²) >= 11 is 0. The Balaban J connectivity index is 1.76. The largest absolute Gasteiger partial charge is 0.339 e. The summed E-state index contributed by atoms with van der Waals surface area (Å²) in [6.45, 7) is 1.38. The predicted octanol–water partition coefficient (Wildman–Crippen LogP) is 1.50. The van der Waals surface area contributed by atoms with E-state index in [0.29, 0.717) is 39.0 Å². The number of piperidine rings is 2. The highest BCUT2D eigenvalue weighted by molar-refractivity contribution is 7.89. The molecule has 0 aromatic heterocycles. The fraction of sp³-hybridized carbons (Fsp3) is 0.632. The molecule has 8 nitrogen and oxygen atoms in total. The van der Waals surface area contributed by atoms with Crippen LogP contribution in [0.25, 0.3) is 0 Å². The average Bonchev–Trinajstić information content (AvgIpc) is 2.73. The van der Waals surface area contributed by atoms with Gasteiger partial charge in [-0.2, -0.15) is 4.31 Å². The first-order valence-electron chi connectivity index (χ1n) is 10.0. The summed E-state index contributed by atoms with van der Waals surface area (Å²) in [5, 5.41) is 0. The van der Waals surface area contributed by atoms with E-state index >= 15 is 0 Å². The third-order valence-corrected chi connectivity index (χ3v) is 9.16. The molecule has 1 aromatic carbocycles. The number of benzene rings is 1. The monoisotopic (exact) mass is 461 g/mol. The Labute approximate surface area is 177 Å². The first-order valence-corrected chi connectivity index (χ1v) is 13.3. The van der Waals surface area contributed by atoms with E-state index < -0.39 is 30.8 Å². The van der Waals surface area contributed by atoms with Crippen LogP contribution in [-0.2, 0) is 20.0 Å². The molecule has 11 heteroatoms. The maximum atomic E-state index is 14.4. The summed E-state index contributed by atoms with van der Waals surface area (Å²) < 4.78 is 66.1. The molecule has 2 heterocycles. The standard InChI is InChI=1S/C19H28FN3O5S2/c1-21(29(2,25)26)16-8-12-22(13-9-16)19(24)15-6-7-17(20)18(14-15)30(27,28)23-10-4-3-5-11-23/h6-7,14,16H,3-5,8-13H2,1-2H3. The van der Waals surface area contributed by atoms with Gasteiger partial charge in [-0.05, 0) is 43.9 Å². The molecule has 2 aliphatic heterocycles. The smallest absolute Gasteiger partial charge is 0.253 e. The number of rotatable bonds is 5. The number of likely N-dealkylation sites (tertiary alicyclic amines) is 1. The van der Waals surface area contributed by atoms with Crippen molar-refractivity contribution in [1.29, 1.82) is 0 Å². The van der Waals surface area contributed by atoms with Crippen LogP contribution in [0.1, 0.15) is 42.5 Å². The highest BCUT2D eigenvalue weighted by atomic mass is 32.2. The summed E-state index contributed by atoms with van der Waals surface area (Å²) in [7, 11) is -5.79. The molecule has 0 spiro atoms. The molecule has 2 fully saturated rings. The third-order valence-electron chi connectivity index (χ3n) is 5.90. The Hall–Kier alpha value is -1.56. The third kappa shape index (κ3) is 4.84. The van der Waals surface area contributed by atoms with Gasteiger partial charge in [0.25, 0.3) is 5.91 Å². The number of carbonyl (C=O) groups is 1. The summed E-state index contributed by atoms with van der Waals surface area (Å²) in [5.41, 5.74) is 0.113. The number of carbonyl (C=O) groups excluding carboxylic acids is 1. The van der Waals surface area contributed by atoms with E-state index in [1.807, 2.05) is 0 Å². The maximum Gasteiger partial charge on any atom is 0.253 e. The first kappa shape index (κ1) is 23.1. The number of nitrogens with zero attached hydrogens (tertiary/aromatic N) is 3. The molecule has 1 amide bonds. The summed E-state index contributed by atoms with van der Waals surface area (Å²) in [6.07, 6.45) is 4.52. The van der Waals surface area contributed by atoms with Gasteiger partial charge in [-0.25, -0.2) is 25.5 Å². The minimum Gasteiger partial charge on any atom is -0.339 e. The Morgan fingerprint density at radius 2 is 1.63 bits per heavy atom. The lowest BCUT2D eigenvalue weighted by Gasteiger charge is -2.35. The van der Waals surface area contributed by atoms with Crippen molar-refractivity contribution in [2.75, 3.05) is 39.5 Å². The molecule has 3 rings (SSSR count). The van der Waals surface area contributed by atoms with E-state index in [1.54, 1.807) is 4.90 Å². The second-order valence-corrected chi connectivity index (χ2v) is 11.9. The van der Waals surface area contributed by atoms with Gasteiger partial charge >= 0.3 is 0 Å². The van der Waals surface area contributed by atoms with Crippen LogP contribution in [0.15, 0.2) is 23.1 Å². The zero-order chi connectivity index (χ0) is 22.1. The Morgan fingerprint density at radius 3 is 2.20 bits per heavy atom. The topological polar surface area (TPSA) is 95.1 Å². The number of halogens is 1. The van der Waals surface area contributed by atoms with Crippen molar-refractivity contribution in [3.05, 3.63) is 29.6 Å². The van der Waals surface area contributed by atoms with Gasteiger partial charge in [-0.1, -0.05) is 6.42 Å². The van der Waals surface area contributed by atoms with E-state index in [1.165, 1.54) is 21.7 Å². The Bertz CT molecular complexity index is 999. The van der Waals surface area contributed by atoms with Gasteiger partial charge in [-0.3, -0.25) is 4.79 Å². The van der Waals surface area contributed by atoms with E-state index in [9.17, 15) is 26.0 Å². The molecule has 0 radical (unpaired) electrons. The molecule has 0 bridgehead atoms. The molecule has 30 heavy (non-hydrogen) atoms. The summed E-state index contributed by atoms with van der Waals surface area (Å²) in [4.78, 5) is 14.0. The molecule has 0 unspecified atom stereocenters. The van der Waals surface area contributed by atoms with Crippen LogP contribution < -0.4 is 0 Å². The lowest BCUT2D eigenvalue weighted by molar-refractivity contribution is 0.0686. The Kier molecular flexibility index (Phi) is 6.85. The fourth-order valence-electron chi connectivity index (χ4n) is 3.96. The van der Waals surface area contributed by atoms with Crippen LogP contribution in [0.2, 0.25) is 0 Å². The number of amides is 1. The molecule has 0 saturated carbocycles. The zero-order valence-electron chi connectivity index (χ0n) is 17.3. The molecule has 168 valence electrons. The maximum absolute atomic E-state index is 14.4. The molecule has 1 aromatic rings. The molecule has 0 N–H and O–H groups in total. The normalized spacial score (nSPS) is 19.9. The molecule has 0 atom stereocenters. The minimum absolute atomic E-state index is 0.113. The van der Waals surface area contributed by atoms with Crippen molar-refractivity contribution in [2.45, 2.75) is 43.0 Å². The fourth-order valence-corrected chi connectivity index (χ4v) is 6.32. The van der Waals surface area contributed by atoms with E-state index in [4.69, 9.17) is 0 Å². The van der Waals surface area contributed by atoms with E-state index in [0.717, 1.165) is 37.7 Å². The molecular formula is C19H28FN3O5S2. The van der Waals surface area contributed by atoms with Gasteiger partial charge in [0.1, 0.15) is 10.7 Å². The number of sulfonamides is 2. The van der Waals surface area contributed by atoms with Gasteiger partial charge in [0.2, 0.25) is 20.0 Å². The first-order chi connectivity index (χ1) is 14.0. The van der Waals surface area contributed by atoms with Crippen molar-refractivity contribution in [3.8, 4) is 0 Å².